The normalized spacial score (nSPS) is 24.7. The van der Waals surface area contributed by atoms with E-state index in [1.54, 1.807) is 0 Å². The first-order valence-corrected chi connectivity index (χ1v) is 16.6. The van der Waals surface area contributed by atoms with Crippen LogP contribution in [0.25, 0.3) is 0 Å². The molecule has 5 N–H and O–H groups in total. The number of nitrogens with two attached hydrogens (primary N) is 1. The summed E-state index contributed by atoms with van der Waals surface area (Å²) >= 11 is 0. The van der Waals surface area contributed by atoms with Gasteiger partial charge in [0, 0.05) is 44.8 Å². The Morgan fingerprint density at radius 1 is 0.905 bits per heavy atom. The first-order chi connectivity index (χ1) is 20.5. The molecular formula is C33H52N6O3. The van der Waals surface area contributed by atoms with Crippen LogP contribution in [0.3, 0.4) is 0 Å². The Bertz CT molecular complexity index is 1030. The first-order valence-electron chi connectivity index (χ1n) is 16.6. The highest BCUT2D eigenvalue weighted by Crippen LogP contribution is 2.53. The lowest BCUT2D eigenvalue weighted by Gasteiger charge is -2.41. The van der Waals surface area contributed by atoms with E-state index in [1.165, 1.54) is 32.1 Å². The predicted molar refractivity (Wildman–Crippen MR) is 164 cm³/mol. The van der Waals surface area contributed by atoms with Crippen molar-refractivity contribution in [1.29, 1.82) is 0 Å². The number of urea groups is 1. The van der Waals surface area contributed by atoms with Crippen LogP contribution >= 0.6 is 0 Å². The highest BCUT2D eigenvalue weighted by molar-refractivity contribution is 5.85. The fourth-order valence-corrected chi connectivity index (χ4v) is 7.16. The van der Waals surface area contributed by atoms with E-state index in [0.717, 1.165) is 63.6 Å². The molecule has 42 heavy (non-hydrogen) atoms. The van der Waals surface area contributed by atoms with Gasteiger partial charge in [-0.2, -0.15) is 0 Å². The Labute approximate surface area is 251 Å². The number of carbonyl (C=O) groups excluding carboxylic acids is 3. The molecule has 1 aromatic rings. The van der Waals surface area contributed by atoms with Gasteiger partial charge < -0.3 is 31.5 Å². The molecule has 232 valence electrons. The second-order valence-electron chi connectivity index (χ2n) is 13.3. The minimum atomic E-state index is -0.505. The monoisotopic (exact) mass is 580 g/mol. The van der Waals surface area contributed by atoms with E-state index in [1.807, 2.05) is 40.1 Å². The zero-order chi connectivity index (χ0) is 29.4. The van der Waals surface area contributed by atoms with Gasteiger partial charge in [0.15, 0.2) is 0 Å². The van der Waals surface area contributed by atoms with Crippen molar-refractivity contribution in [3.05, 3.63) is 35.9 Å². The Kier molecular flexibility index (Phi) is 10.8. The van der Waals surface area contributed by atoms with E-state index in [2.05, 4.69) is 16.0 Å². The average Bonchev–Trinajstić information content (AvgIpc) is 3.79. The van der Waals surface area contributed by atoms with E-state index >= 15 is 0 Å². The largest absolute Gasteiger partial charge is 0.352 e. The lowest BCUT2D eigenvalue weighted by molar-refractivity contribution is -0.138. The van der Waals surface area contributed by atoms with Crippen molar-refractivity contribution in [2.75, 3.05) is 32.7 Å². The highest BCUT2D eigenvalue weighted by atomic mass is 16.2. The number of rotatable bonds is 11. The van der Waals surface area contributed by atoms with Gasteiger partial charge in [-0.25, -0.2) is 4.79 Å². The Balaban J connectivity index is 1.24. The maximum Gasteiger partial charge on any atom is 0.317 e. The van der Waals surface area contributed by atoms with Gasteiger partial charge in [0.25, 0.3) is 0 Å². The van der Waals surface area contributed by atoms with Crippen molar-refractivity contribution in [2.45, 2.75) is 108 Å². The lowest BCUT2D eigenvalue weighted by atomic mass is 9.89. The second kappa shape index (κ2) is 14.7. The fraction of sp³-hybridized carbons (Fsp3) is 0.727. The molecule has 2 saturated carbocycles. The number of unbranched alkanes of at least 4 members (excludes halogenated alkanes) is 1. The predicted octanol–water partition coefficient (Wildman–Crippen LogP) is 3.53. The summed E-state index contributed by atoms with van der Waals surface area (Å²) in [5, 5.41) is 10.0. The summed E-state index contributed by atoms with van der Waals surface area (Å²) in [7, 11) is 0. The molecule has 1 unspecified atom stereocenters. The van der Waals surface area contributed by atoms with Crippen LogP contribution in [0.2, 0.25) is 0 Å². The zero-order valence-electron chi connectivity index (χ0n) is 25.3. The molecular weight excluding hydrogens is 528 g/mol. The molecule has 1 aromatic carbocycles. The molecule has 3 atom stereocenters. The molecule has 2 aliphatic heterocycles. The van der Waals surface area contributed by atoms with Gasteiger partial charge in [0.05, 0.1) is 12.0 Å². The molecule has 4 aliphatic rings. The van der Waals surface area contributed by atoms with E-state index in [0.29, 0.717) is 44.1 Å². The molecule has 2 aliphatic carbocycles. The lowest BCUT2D eigenvalue weighted by Crippen LogP contribution is -2.61. The molecule has 9 nitrogen and oxygen atoms in total. The third-order valence-corrected chi connectivity index (χ3v) is 10.2. The topological polar surface area (TPSA) is 120 Å². The summed E-state index contributed by atoms with van der Waals surface area (Å²) in [5.74, 6) is -0.541. The van der Waals surface area contributed by atoms with E-state index in [4.69, 9.17) is 5.73 Å². The number of hydrogen-bond donors (Lipinski definition) is 4. The molecule has 2 heterocycles. The quantitative estimate of drug-likeness (QED) is 0.299. The standard InChI is InChI=1S/C33H52N6O3/c34-19-8-7-13-29(36-26-11-5-2-6-12-26)31(41)39-20-14-28(37-32(42)38-21-17-33(15-16-33)18-22-38)27(24-39)30(40)35-23-25-9-3-1-4-10-25/h1,3-4,9-10,26-29,36H,2,5-8,11-24,34H2,(H,35,40)(H,37,42)/t27-,28+,29?/m0/s1. The molecule has 0 aromatic heterocycles. The molecule has 9 heteroatoms. The number of piperidine rings is 2. The molecule has 0 radical (unpaired) electrons. The van der Waals surface area contributed by atoms with Gasteiger partial charge in [-0.05, 0) is 75.3 Å². The second-order valence-corrected chi connectivity index (χ2v) is 13.3. The summed E-state index contributed by atoms with van der Waals surface area (Å²) in [6.07, 6.45) is 13.7. The van der Waals surface area contributed by atoms with Gasteiger partial charge in [0.2, 0.25) is 11.8 Å². The number of amides is 4. The van der Waals surface area contributed by atoms with E-state index in [-0.39, 0.29) is 29.9 Å². The molecule has 1 spiro atoms. The third-order valence-electron chi connectivity index (χ3n) is 10.2. The van der Waals surface area contributed by atoms with Crippen LogP contribution in [0.4, 0.5) is 4.79 Å². The SMILES string of the molecule is NCCCCC(NC1CCCCC1)C(=O)N1CC[C@@H](NC(=O)N2CCC3(CC2)CC3)[C@@H](C(=O)NCc2ccccc2)C1. The van der Waals surface area contributed by atoms with Gasteiger partial charge in [-0.15, -0.1) is 0 Å². The Morgan fingerprint density at radius 3 is 2.33 bits per heavy atom. The minimum Gasteiger partial charge on any atom is -0.352 e. The number of carbonyl (C=O) groups is 3. The van der Waals surface area contributed by atoms with Gasteiger partial charge in [-0.3, -0.25) is 9.59 Å². The summed E-state index contributed by atoms with van der Waals surface area (Å²) < 4.78 is 0. The summed E-state index contributed by atoms with van der Waals surface area (Å²) in [5.41, 5.74) is 7.28. The van der Waals surface area contributed by atoms with Crippen LogP contribution in [0.1, 0.15) is 89.0 Å². The third kappa shape index (κ3) is 8.25. The van der Waals surface area contributed by atoms with Crippen molar-refractivity contribution < 1.29 is 14.4 Å². The van der Waals surface area contributed by atoms with E-state index in [9.17, 15) is 14.4 Å². The van der Waals surface area contributed by atoms with Crippen molar-refractivity contribution in [2.24, 2.45) is 17.1 Å². The Morgan fingerprint density at radius 2 is 1.64 bits per heavy atom. The number of hydrogen-bond acceptors (Lipinski definition) is 5. The van der Waals surface area contributed by atoms with Gasteiger partial charge >= 0.3 is 6.03 Å². The zero-order valence-corrected chi connectivity index (χ0v) is 25.3. The molecule has 4 fully saturated rings. The van der Waals surface area contributed by atoms with Crippen LogP contribution in [-0.2, 0) is 16.1 Å². The van der Waals surface area contributed by atoms with Gasteiger partial charge in [-0.1, -0.05) is 56.0 Å². The number of benzene rings is 1. The summed E-state index contributed by atoms with van der Waals surface area (Å²) in [4.78, 5) is 44.7. The van der Waals surface area contributed by atoms with Crippen molar-refractivity contribution in [3.63, 3.8) is 0 Å². The first kappa shape index (κ1) is 30.8. The average molecular weight is 581 g/mol. The van der Waals surface area contributed by atoms with Crippen molar-refractivity contribution in [1.82, 2.24) is 25.8 Å². The molecule has 2 saturated heterocycles. The highest BCUT2D eigenvalue weighted by Gasteiger charge is 2.46. The minimum absolute atomic E-state index is 0.0743. The van der Waals surface area contributed by atoms with E-state index < -0.39 is 5.92 Å². The van der Waals surface area contributed by atoms with Crippen molar-refractivity contribution >= 4 is 17.8 Å². The summed E-state index contributed by atoms with van der Waals surface area (Å²) in [6, 6.07) is 9.57. The number of likely N-dealkylation sites (tertiary alicyclic amines) is 2. The van der Waals surface area contributed by atoms with Crippen molar-refractivity contribution in [3.8, 4) is 0 Å². The molecule has 0 bridgehead atoms. The smallest absolute Gasteiger partial charge is 0.317 e. The number of nitrogens with zero attached hydrogens (tertiary/aromatic N) is 2. The molecule has 4 amide bonds. The fourth-order valence-electron chi connectivity index (χ4n) is 7.16. The maximum atomic E-state index is 14.0. The maximum absolute atomic E-state index is 14.0. The van der Waals surface area contributed by atoms with Crippen LogP contribution < -0.4 is 21.7 Å². The molecule has 5 rings (SSSR count). The van der Waals surface area contributed by atoms with Crippen LogP contribution in [-0.4, -0.2) is 78.5 Å². The van der Waals surface area contributed by atoms with Crippen LogP contribution in [0.5, 0.6) is 0 Å². The Hall–Kier alpha value is -2.65. The van der Waals surface area contributed by atoms with Crippen LogP contribution in [0.15, 0.2) is 30.3 Å². The summed E-state index contributed by atoms with van der Waals surface area (Å²) in [6.45, 7) is 3.46. The van der Waals surface area contributed by atoms with Gasteiger partial charge in [0.1, 0.15) is 0 Å². The van der Waals surface area contributed by atoms with Crippen LogP contribution in [0, 0.1) is 11.3 Å². The number of nitrogens with one attached hydrogen (secondary N) is 3.